The highest BCUT2D eigenvalue weighted by Crippen LogP contribution is 2.25. The summed E-state index contributed by atoms with van der Waals surface area (Å²) in [5, 5.41) is 24.1. The third-order valence-electron chi connectivity index (χ3n) is 4.53. The monoisotopic (exact) mass is 366 g/mol. The van der Waals surface area contributed by atoms with Crippen LogP contribution in [0.15, 0.2) is 85.2 Å². The molecular weight excluding hydrogens is 348 g/mol. The number of aliphatic hydroxyl groups excluding tert-OH is 1. The number of pyridine rings is 1. The van der Waals surface area contributed by atoms with E-state index in [0.717, 1.165) is 28.1 Å². The summed E-state index contributed by atoms with van der Waals surface area (Å²) in [7, 11) is 0. The van der Waals surface area contributed by atoms with Crippen molar-refractivity contribution in [1.29, 1.82) is 5.26 Å². The van der Waals surface area contributed by atoms with Gasteiger partial charge in [0.05, 0.1) is 35.7 Å². The van der Waals surface area contributed by atoms with Crippen LogP contribution in [0.4, 0.5) is 0 Å². The molecule has 0 radical (unpaired) electrons. The lowest BCUT2D eigenvalue weighted by molar-refractivity contribution is 0.151. The second-order valence-electron chi connectivity index (χ2n) is 6.47. The van der Waals surface area contributed by atoms with Gasteiger partial charge >= 0.3 is 0 Å². The van der Waals surface area contributed by atoms with Crippen molar-refractivity contribution in [3.8, 4) is 28.6 Å². The Bertz CT molecular complexity index is 1130. The second kappa shape index (κ2) is 7.87. The molecule has 0 saturated carbocycles. The third kappa shape index (κ3) is 3.83. The lowest BCUT2D eigenvalue weighted by atomic mass is 10.0. The molecule has 1 atom stereocenters. The van der Waals surface area contributed by atoms with Gasteiger partial charge in [0.25, 0.3) is 0 Å². The average Bonchev–Trinajstić information content (AvgIpc) is 3.23. The Labute approximate surface area is 163 Å². The lowest BCUT2D eigenvalue weighted by Gasteiger charge is -2.10. The Morgan fingerprint density at radius 1 is 0.929 bits per heavy atom. The zero-order valence-electron chi connectivity index (χ0n) is 15.1. The van der Waals surface area contributed by atoms with Gasteiger partial charge in [-0.05, 0) is 29.8 Å². The summed E-state index contributed by atoms with van der Waals surface area (Å²) in [4.78, 5) is 4.36. The zero-order valence-corrected chi connectivity index (χ0v) is 15.1. The molecule has 136 valence electrons. The van der Waals surface area contributed by atoms with Crippen LogP contribution in [0.1, 0.15) is 17.2 Å². The molecule has 4 rings (SSSR count). The summed E-state index contributed by atoms with van der Waals surface area (Å²) in [6.07, 6.45) is 2.89. The fourth-order valence-corrected chi connectivity index (χ4v) is 3.07. The van der Waals surface area contributed by atoms with Crippen LogP contribution in [0.25, 0.3) is 22.5 Å². The molecule has 0 fully saturated rings. The van der Waals surface area contributed by atoms with E-state index in [1.807, 2.05) is 66.9 Å². The van der Waals surface area contributed by atoms with Crippen molar-refractivity contribution in [2.75, 3.05) is 0 Å². The lowest BCUT2D eigenvalue weighted by Crippen LogP contribution is -2.09. The van der Waals surface area contributed by atoms with Crippen LogP contribution in [-0.2, 0) is 6.54 Å². The molecular formula is C23H18N4O. The fourth-order valence-electron chi connectivity index (χ4n) is 3.07. The number of rotatable bonds is 5. The van der Waals surface area contributed by atoms with E-state index in [1.54, 1.807) is 23.0 Å². The standard InChI is InChI=1S/C23H18N4O/c24-15-17-9-11-25-22(13-17)20-8-4-7-19(14-20)21-10-12-27(26-21)16-23(28)18-5-2-1-3-6-18/h1-14,23,28H,16H2/t23-/m0/s1. The number of hydrogen-bond donors (Lipinski definition) is 1. The molecule has 0 bridgehead atoms. The Hall–Kier alpha value is -3.75. The molecule has 0 unspecified atom stereocenters. The normalized spacial score (nSPS) is 11.7. The van der Waals surface area contributed by atoms with Crippen LogP contribution in [0.5, 0.6) is 0 Å². The maximum Gasteiger partial charge on any atom is 0.0992 e. The summed E-state index contributed by atoms with van der Waals surface area (Å²) in [6.45, 7) is 0.384. The highest BCUT2D eigenvalue weighted by atomic mass is 16.3. The van der Waals surface area contributed by atoms with Gasteiger partial charge in [-0.1, -0.05) is 48.5 Å². The number of benzene rings is 2. The van der Waals surface area contributed by atoms with Crippen molar-refractivity contribution >= 4 is 0 Å². The molecule has 0 spiro atoms. The van der Waals surface area contributed by atoms with Gasteiger partial charge in [0.1, 0.15) is 0 Å². The van der Waals surface area contributed by atoms with Gasteiger partial charge in [0.15, 0.2) is 0 Å². The van der Waals surface area contributed by atoms with E-state index in [0.29, 0.717) is 12.1 Å². The summed E-state index contributed by atoms with van der Waals surface area (Å²) in [5.74, 6) is 0. The number of nitrogens with zero attached hydrogens (tertiary/aromatic N) is 4. The summed E-state index contributed by atoms with van der Waals surface area (Å²) in [5.41, 5.74) is 4.89. The first-order valence-corrected chi connectivity index (χ1v) is 8.96. The Morgan fingerprint density at radius 3 is 2.50 bits per heavy atom. The molecule has 0 aliphatic carbocycles. The summed E-state index contributed by atoms with van der Waals surface area (Å²) < 4.78 is 1.74. The van der Waals surface area contributed by atoms with E-state index >= 15 is 0 Å². The molecule has 1 N–H and O–H groups in total. The molecule has 5 nitrogen and oxygen atoms in total. The van der Waals surface area contributed by atoms with E-state index in [4.69, 9.17) is 5.26 Å². The predicted octanol–water partition coefficient (Wildman–Crippen LogP) is 4.22. The number of hydrogen-bond acceptors (Lipinski definition) is 4. The molecule has 5 heteroatoms. The van der Waals surface area contributed by atoms with Crippen LogP contribution < -0.4 is 0 Å². The van der Waals surface area contributed by atoms with E-state index in [-0.39, 0.29) is 0 Å². The third-order valence-corrected chi connectivity index (χ3v) is 4.53. The SMILES string of the molecule is N#Cc1ccnc(-c2cccc(-c3ccn(C[C@H](O)c4ccccc4)n3)c2)c1. The van der Waals surface area contributed by atoms with Gasteiger partial charge < -0.3 is 5.11 Å². The minimum atomic E-state index is -0.613. The van der Waals surface area contributed by atoms with Crippen molar-refractivity contribution in [1.82, 2.24) is 14.8 Å². The molecule has 0 amide bonds. The van der Waals surface area contributed by atoms with Gasteiger partial charge in [-0.15, -0.1) is 0 Å². The molecule has 28 heavy (non-hydrogen) atoms. The smallest absolute Gasteiger partial charge is 0.0992 e. The summed E-state index contributed by atoms with van der Waals surface area (Å²) in [6, 6.07) is 25.0. The first-order valence-electron chi connectivity index (χ1n) is 8.96. The highest BCUT2D eigenvalue weighted by molar-refractivity contribution is 5.69. The first-order chi connectivity index (χ1) is 13.7. The van der Waals surface area contributed by atoms with Crippen molar-refractivity contribution in [2.24, 2.45) is 0 Å². The number of nitriles is 1. The van der Waals surface area contributed by atoms with Gasteiger partial charge in [-0.3, -0.25) is 9.67 Å². The second-order valence-corrected chi connectivity index (χ2v) is 6.47. The molecule has 0 aliphatic rings. The molecule has 0 saturated heterocycles. The van der Waals surface area contributed by atoms with Gasteiger partial charge in [0.2, 0.25) is 0 Å². The van der Waals surface area contributed by atoms with Crippen molar-refractivity contribution in [2.45, 2.75) is 12.6 Å². The van der Waals surface area contributed by atoms with Crippen LogP contribution in [0, 0.1) is 11.3 Å². The summed E-state index contributed by atoms with van der Waals surface area (Å²) >= 11 is 0. The van der Waals surface area contributed by atoms with Crippen LogP contribution >= 0.6 is 0 Å². The molecule has 4 aromatic rings. The molecule has 0 aliphatic heterocycles. The Morgan fingerprint density at radius 2 is 1.71 bits per heavy atom. The Balaban J connectivity index is 1.56. The number of aliphatic hydroxyl groups is 1. The number of aromatic nitrogens is 3. The largest absolute Gasteiger partial charge is 0.386 e. The minimum Gasteiger partial charge on any atom is -0.386 e. The molecule has 2 heterocycles. The quantitative estimate of drug-likeness (QED) is 0.574. The van der Waals surface area contributed by atoms with Gasteiger partial charge in [-0.2, -0.15) is 10.4 Å². The van der Waals surface area contributed by atoms with Gasteiger partial charge in [0, 0.05) is 23.5 Å². The van der Waals surface area contributed by atoms with Crippen LogP contribution in [-0.4, -0.2) is 19.9 Å². The fraction of sp³-hybridized carbons (Fsp3) is 0.0870. The van der Waals surface area contributed by atoms with Crippen LogP contribution in [0.3, 0.4) is 0 Å². The van der Waals surface area contributed by atoms with E-state index in [2.05, 4.69) is 16.2 Å². The van der Waals surface area contributed by atoms with E-state index in [9.17, 15) is 5.11 Å². The first kappa shape index (κ1) is 17.7. The van der Waals surface area contributed by atoms with Crippen molar-refractivity contribution in [3.05, 3.63) is 96.3 Å². The predicted molar refractivity (Wildman–Crippen MR) is 107 cm³/mol. The highest BCUT2D eigenvalue weighted by Gasteiger charge is 2.10. The van der Waals surface area contributed by atoms with Crippen molar-refractivity contribution in [3.63, 3.8) is 0 Å². The Kier molecular flexibility index (Phi) is 4.96. The molecule has 2 aromatic carbocycles. The minimum absolute atomic E-state index is 0.384. The topological polar surface area (TPSA) is 74.7 Å². The van der Waals surface area contributed by atoms with E-state index in [1.165, 1.54) is 0 Å². The maximum atomic E-state index is 10.4. The average molecular weight is 366 g/mol. The van der Waals surface area contributed by atoms with Crippen molar-refractivity contribution < 1.29 is 5.11 Å². The molecule has 2 aromatic heterocycles. The van der Waals surface area contributed by atoms with Gasteiger partial charge in [-0.25, -0.2) is 0 Å². The van der Waals surface area contributed by atoms with Crippen LogP contribution in [0.2, 0.25) is 0 Å². The van der Waals surface area contributed by atoms with E-state index < -0.39 is 6.10 Å². The zero-order chi connectivity index (χ0) is 19.3. The maximum absolute atomic E-state index is 10.4.